The van der Waals surface area contributed by atoms with E-state index in [0.29, 0.717) is 11.5 Å². The van der Waals surface area contributed by atoms with Crippen molar-refractivity contribution in [2.45, 2.75) is 32.1 Å². The van der Waals surface area contributed by atoms with Gasteiger partial charge in [-0.2, -0.15) is 4.37 Å². The van der Waals surface area contributed by atoms with E-state index in [1.54, 1.807) is 0 Å². The number of hydrogen-bond acceptors (Lipinski definition) is 5. The van der Waals surface area contributed by atoms with Gasteiger partial charge in [0, 0.05) is 13.6 Å². The largest absolute Gasteiger partial charge is 0.382 e. The predicted octanol–water partition coefficient (Wildman–Crippen LogP) is 1.84. The molecule has 0 aliphatic heterocycles. The summed E-state index contributed by atoms with van der Waals surface area (Å²) in [6, 6.07) is 0. The molecule has 1 aromatic heterocycles. The second-order valence-corrected chi connectivity index (χ2v) is 5.75. The van der Waals surface area contributed by atoms with Crippen LogP contribution in [0.25, 0.3) is 0 Å². The fourth-order valence-electron chi connectivity index (χ4n) is 2.63. The van der Waals surface area contributed by atoms with Gasteiger partial charge >= 0.3 is 0 Å². The van der Waals surface area contributed by atoms with E-state index in [1.807, 2.05) is 7.05 Å². The van der Waals surface area contributed by atoms with E-state index in [0.717, 1.165) is 11.5 Å². The van der Waals surface area contributed by atoms with Crippen molar-refractivity contribution in [2.75, 3.05) is 24.2 Å². The summed E-state index contributed by atoms with van der Waals surface area (Å²) < 4.78 is 4.03. The minimum atomic E-state index is -0.494. The molecule has 0 atom stereocenters. The standard InChI is InChI=1S/C12H20N4OS/c1-16(7-8-5-3-2-4-6-8)12-9(11(14)17)10(13)15-18-12/h8H,2-7H2,1H3,(H2,13,15)(H2,14,17). The van der Waals surface area contributed by atoms with E-state index in [9.17, 15) is 4.79 Å². The first-order valence-corrected chi connectivity index (χ1v) is 7.13. The number of nitrogens with zero attached hydrogens (tertiary/aromatic N) is 2. The molecular weight excluding hydrogens is 248 g/mol. The Morgan fingerprint density at radius 2 is 2.11 bits per heavy atom. The van der Waals surface area contributed by atoms with Gasteiger partial charge in [0.2, 0.25) is 0 Å². The number of anilines is 2. The zero-order valence-corrected chi connectivity index (χ0v) is 11.5. The number of hydrogen-bond donors (Lipinski definition) is 2. The third-order valence-corrected chi connectivity index (χ3v) is 4.53. The quantitative estimate of drug-likeness (QED) is 0.872. The Hall–Kier alpha value is -1.30. The fraction of sp³-hybridized carbons (Fsp3) is 0.667. The van der Waals surface area contributed by atoms with Gasteiger partial charge in [-0.1, -0.05) is 19.3 Å². The molecule has 1 heterocycles. The van der Waals surface area contributed by atoms with E-state index in [-0.39, 0.29) is 5.82 Å². The average molecular weight is 268 g/mol. The molecule has 1 saturated carbocycles. The highest BCUT2D eigenvalue weighted by Gasteiger charge is 2.22. The number of amides is 1. The van der Waals surface area contributed by atoms with Crippen LogP contribution in [-0.4, -0.2) is 23.9 Å². The Morgan fingerprint density at radius 3 is 2.72 bits per heavy atom. The highest BCUT2D eigenvalue weighted by Crippen LogP contribution is 2.32. The number of aromatic nitrogens is 1. The van der Waals surface area contributed by atoms with Crippen LogP contribution in [0.5, 0.6) is 0 Å². The Balaban J connectivity index is 2.08. The summed E-state index contributed by atoms with van der Waals surface area (Å²) in [5.74, 6) is 0.456. The predicted molar refractivity (Wildman–Crippen MR) is 74.9 cm³/mol. The molecule has 0 bridgehead atoms. The maximum Gasteiger partial charge on any atom is 0.255 e. The first kappa shape index (κ1) is 13.1. The van der Waals surface area contributed by atoms with Crippen LogP contribution in [0.4, 0.5) is 10.8 Å². The lowest BCUT2D eigenvalue weighted by Gasteiger charge is -2.27. The summed E-state index contributed by atoms with van der Waals surface area (Å²) in [5, 5.41) is 0.797. The first-order chi connectivity index (χ1) is 8.59. The second kappa shape index (κ2) is 5.56. The number of nitrogens with two attached hydrogens (primary N) is 2. The third-order valence-electron chi connectivity index (χ3n) is 3.55. The average Bonchev–Trinajstić information content (AvgIpc) is 2.72. The van der Waals surface area contributed by atoms with E-state index in [1.165, 1.54) is 43.6 Å². The Bertz CT molecular complexity index is 426. The summed E-state index contributed by atoms with van der Waals surface area (Å²) >= 11 is 1.25. The van der Waals surface area contributed by atoms with E-state index >= 15 is 0 Å². The van der Waals surface area contributed by atoms with Crippen LogP contribution in [0.3, 0.4) is 0 Å². The molecule has 0 radical (unpaired) electrons. The van der Waals surface area contributed by atoms with Crippen molar-refractivity contribution in [1.82, 2.24) is 4.37 Å². The molecule has 4 N–H and O–H groups in total. The molecule has 2 rings (SSSR count). The molecule has 100 valence electrons. The van der Waals surface area contributed by atoms with Crippen molar-refractivity contribution in [1.29, 1.82) is 0 Å². The first-order valence-electron chi connectivity index (χ1n) is 6.35. The molecule has 18 heavy (non-hydrogen) atoms. The van der Waals surface area contributed by atoms with Gasteiger partial charge in [-0.3, -0.25) is 4.79 Å². The normalized spacial score (nSPS) is 16.7. The van der Waals surface area contributed by atoms with Gasteiger partial charge in [-0.05, 0) is 30.3 Å². The Labute approximate surface area is 111 Å². The Morgan fingerprint density at radius 1 is 1.44 bits per heavy atom. The number of rotatable bonds is 4. The van der Waals surface area contributed by atoms with E-state index in [2.05, 4.69) is 9.27 Å². The van der Waals surface area contributed by atoms with Crippen LogP contribution >= 0.6 is 11.5 Å². The monoisotopic (exact) mass is 268 g/mol. The zero-order chi connectivity index (χ0) is 13.1. The molecule has 1 aliphatic rings. The summed E-state index contributed by atoms with van der Waals surface area (Å²) in [7, 11) is 1.98. The molecule has 0 spiro atoms. The van der Waals surface area contributed by atoms with Crippen LogP contribution in [0.15, 0.2) is 0 Å². The van der Waals surface area contributed by atoms with Gasteiger partial charge in [-0.25, -0.2) is 0 Å². The molecule has 6 heteroatoms. The van der Waals surface area contributed by atoms with Crippen molar-refractivity contribution >= 4 is 28.3 Å². The number of primary amides is 1. The molecule has 0 saturated heterocycles. The smallest absolute Gasteiger partial charge is 0.255 e. The molecule has 1 aliphatic carbocycles. The molecule has 0 unspecified atom stereocenters. The minimum absolute atomic E-state index is 0.248. The molecule has 1 amide bonds. The van der Waals surface area contributed by atoms with E-state index in [4.69, 9.17) is 11.5 Å². The molecule has 0 aromatic carbocycles. The van der Waals surface area contributed by atoms with Crippen molar-refractivity contribution in [3.05, 3.63) is 5.56 Å². The zero-order valence-electron chi connectivity index (χ0n) is 10.7. The molecule has 5 nitrogen and oxygen atoms in total. The van der Waals surface area contributed by atoms with Crippen molar-refractivity contribution in [3.8, 4) is 0 Å². The minimum Gasteiger partial charge on any atom is -0.382 e. The van der Waals surface area contributed by atoms with Crippen molar-refractivity contribution in [3.63, 3.8) is 0 Å². The lowest BCUT2D eigenvalue weighted by atomic mass is 9.89. The van der Waals surface area contributed by atoms with Gasteiger partial charge in [-0.15, -0.1) is 0 Å². The molecule has 1 fully saturated rings. The maximum absolute atomic E-state index is 11.4. The van der Waals surface area contributed by atoms with Gasteiger partial charge in [0.15, 0.2) is 5.82 Å². The molecular formula is C12H20N4OS. The Kier molecular flexibility index (Phi) is 4.06. The van der Waals surface area contributed by atoms with Gasteiger partial charge in [0.1, 0.15) is 10.6 Å². The van der Waals surface area contributed by atoms with Crippen LogP contribution in [-0.2, 0) is 0 Å². The fourth-order valence-corrected chi connectivity index (χ4v) is 3.41. The van der Waals surface area contributed by atoms with Gasteiger partial charge < -0.3 is 16.4 Å². The number of carbonyl (C=O) groups excluding carboxylic acids is 1. The summed E-state index contributed by atoms with van der Waals surface area (Å²) in [5.41, 5.74) is 11.4. The maximum atomic E-state index is 11.4. The van der Waals surface area contributed by atoms with E-state index < -0.39 is 5.91 Å². The van der Waals surface area contributed by atoms with Gasteiger partial charge in [0.05, 0.1) is 0 Å². The van der Waals surface area contributed by atoms with Crippen molar-refractivity contribution in [2.24, 2.45) is 11.7 Å². The highest BCUT2D eigenvalue weighted by molar-refractivity contribution is 7.11. The number of nitrogen functional groups attached to an aromatic ring is 1. The van der Waals surface area contributed by atoms with Gasteiger partial charge in [0.25, 0.3) is 5.91 Å². The second-order valence-electron chi connectivity index (χ2n) is 5.00. The highest BCUT2D eigenvalue weighted by atomic mass is 32.1. The summed E-state index contributed by atoms with van der Waals surface area (Å²) in [4.78, 5) is 13.5. The van der Waals surface area contributed by atoms with Crippen LogP contribution < -0.4 is 16.4 Å². The SMILES string of the molecule is CN(CC1CCCCC1)c1snc(N)c1C(N)=O. The molecule has 1 aromatic rings. The summed E-state index contributed by atoms with van der Waals surface area (Å²) in [6.45, 7) is 0.946. The number of carbonyl (C=O) groups is 1. The topological polar surface area (TPSA) is 85.2 Å². The van der Waals surface area contributed by atoms with Crippen LogP contribution in [0.1, 0.15) is 42.5 Å². The van der Waals surface area contributed by atoms with Crippen LogP contribution in [0.2, 0.25) is 0 Å². The van der Waals surface area contributed by atoms with Crippen LogP contribution in [0, 0.1) is 5.92 Å². The lowest BCUT2D eigenvalue weighted by molar-refractivity contribution is 0.100. The third kappa shape index (κ3) is 2.75. The van der Waals surface area contributed by atoms with Crippen molar-refractivity contribution < 1.29 is 4.79 Å². The lowest BCUT2D eigenvalue weighted by Crippen LogP contribution is -2.28. The summed E-state index contributed by atoms with van der Waals surface area (Å²) in [6.07, 6.45) is 6.51.